The quantitative estimate of drug-likeness (QED) is 0.927. The highest BCUT2D eigenvalue weighted by molar-refractivity contribution is 5.78. The fraction of sp³-hybridized carbons (Fsp3) is 0.562. The van der Waals surface area contributed by atoms with Gasteiger partial charge in [0.25, 0.3) is 5.91 Å². The number of benzene rings is 1. The molecule has 1 aliphatic rings. The highest BCUT2D eigenvalue weighted by Gasteiger charge is 2.47. The van der Waals surface area contributed by atoms with Crippen LogP contribution in [0.4, 0.5) is 13.2 Å². The lowest BCUT2D eigenvalue weighted by Gasteiger charge is -2.39. The van der Waals surface area contributed by atoms with Gasteiger partial charge in [0.15, 0.2) is 6.61 Å². The SMILES string of the molecule is Cc1ccc(OCC(=O)N2C[C@H](N)CC[C@H]2C(F)(F)F)cc1C. The standard InChI is InChI=1S/C16H21F3N2O2/c1-10-3-5-13(7-11(10)2)23-9-15(22)21-8-12(20)4-6-14(21)16(17,18)19/h3,5,7,12,14H,4,6,8-9,20H2,1-2H3/t12-,14+/m1/s1. The lowest BCUT2D eigenvalue weighted by atomic mass is 9.98. The minimum atomic E-state index is -4.45. The molecule has 0 aliphatic carbocycles. The third-order valence-corrected chi connectivity index (χ3v) is 4.16. The molecule has 1 aromatic carbocycles. The number of amides is 1. The van der Waals surface area contributed by atoms with Crippen LogP contribution in [0.15, 0.2) is 18.2 Å². The predicted molar refractivity (Wildman–Crippen MR) is 80.2 cm³/mol. The van der Waals surface area contributed by atoms with Gasteiger partial charge in [-0.1, -0.05) is 6.07 Å². The van der Waals surface area contributed by atoms with E-state index in [9.17, 15) is 18.0 Å². The van der Waals surface area contributed by atoms with Crippen LogP contribution < -0.4 is 10.5 Å². The molecule has 1 aromatic rings. The van der Waals surface area contributed by atoms with Crippen LogP contribution in [0.25, 0.3) is 0 Å². The molecule has 128 valence electrons. The van der Waals surface area contributed by atoms with Gasteiger partial charge >= 0.3 is 6.18 Å². The van der Waals surface area contributed by atoms with Crippen molar-refractivity contribution in [1.29, 1.82) is 0 Å². The van der Waals surface area contributed by atoms with Crippen LogP contribution in [0, 0.1) is 13.8 Å². The second-order valence-corrected chi connectivity index (χ2v) is 5.98. The van der Waals surface area contributed by atoms with Crippen molar-refractivity contribution >= 4 is 5.91 Å². The molecule has 23 heavy (non-hydrogen) atoms. The van der Waals surface area contributed by atoms with Crippen LogP contribution in [-0.4, -0.2) is 42.2 Å². The largest absolute Gasteiger partial charge is 0.484 e. The predicted octanol–water partition coefficient (Wildman–Crippen LogP) is 2.56. The number of carbonyl (C=O) groups is 1. The van der Waals surface area contributed by atoms with Crippen molar-refractivity contribution in [2.45, 2.75) is 44.9 Å². The zero-order valence-electron chi connectivity index (χ0n) is 13.2. The van der Waals surface area contributed by atoms with E-state index in [1.54, 1.807) is 12.1 Å². The molecule has 0 radical (unpaired) electrons. The van der Waals surface area contributed by atoms with Crippen LogP contribution in [0.3, 0.4) is 0 Å². The van der Waals surface area contributed by atoms with E-state index < -0.39 is 30.8 Å². The second-order valence-electron chi connectivity index (χ2n) is 5.98. The lowest BCUT2D eigenvalue weighted by molar-refractivity contribution is -0.197. The first-order valence-corrected chi connectivity index (χ1v) is 7.50. The number of ether oxygens (including phenoxy) is 1. The van der Waals surface area contributed by atoms with Gasteiger partial charge in [0, 0.05) is 12.6 Å². The van der Waals surface area contributed by atoms with E-state index in [0.717, 1.165) is 16.0 Å². The van der Waals surface area contributed by atoms with Gasteiger partial charge in [-0.3, -0.25) is 4.79 Å². The summed E-state index contributed by atoms with van der Waals surface area (Å²) >= 11 is 0. The van der Waals surface area contributed by atoms with E-state index in [0.29, 0.717) is 5.75 Å². The van der Waals surface area contributed by atoms with E-state index in [2.05, 4.69) is 0 Å². The van der Waals surface area contributed by atoms with Gasteiger partial charge in [-0.2, -0.15) is 13.2 Å². The maximum absolute atomic E-state index is 13.1. The molecule has 2 rings (SSSR count). The van der Waals surface area contributed by atoms with Crippen molar-refractivity contribution < 1.29 is 22.7 Å². The summed E-state index contributed by atoms with van der Waals surface area (Å²) in [6, 6.07) is 3.08. The molecule has 0 saturated carbocycles. The van der Waals surface area contributed by atoms with Crippen LogP contribution >= 0.6 is 0 Å². The summed E-state index contributed by atoms with van der Waals surface area (Å²) in [6.45, 7) is 3.31. The Hall–Kier alpha value is -1.76. The molecule has 1 amide bonds. The Morgan fingerprint density at radius 1 is 1.30 bits per heavy atom. The Morgan fingerprint density at radius 2 is 2.00 bits per heavy atom. The van der Waals surface area contributed by atoms with Gasteiger partial charge < -0.3 is 15.4 Å². The van der Waals surface area contributed by atoms with Crippen molar-refractivity contribution in [1.82, 2.24) is 4.90 Å². The third kappa shape index (κ3) is 4.37. The van der Waals surface area contributed by atoms with Crippen molar-refractivity contribution in [2.75, 3.05) is 13.2 Å². The number of nitrogens with zero attached hydrogens (tertiary/aromatic N) is 1. The van der Waals surface area contributed by atoms with E-state index >= 15 is 0 Å². The van der Waals surface area contributed by atoms with E-state index in [1.807, 2.05) is 19.9 Å². The first-order valence-electron chi connectivity index (χ1n) is 7.50. The van der Waals surface area contributed by atoms with Gasteiger partial charge in [0.05, 0.1) is 0 Å². The molecule has 7 heteroatoms. The van der Waals surface area contributed by atoms with Gasteiger partial charge in [-0.25, -0.2) is 0 Å². The zero-order valence-corrected chi connectivity index (χ0v) is 13.2. The summed E-state index contributed by atoms with van der Waals surface area (Å²) in [4.78, 5) is 13.0. The highest BCUT2D eigenvalue weighted by Crippen LogP contribution is 2.31. The molecule has 0 spiro atoms. The Balaban J connectivity index is 2.03. The van der Waals surface area contributed by atoms with Crippen LogP contribution in [0.1, 0.15) is 24.0 Å². The fourth-order valence-electron chi connectivity index (χ4n) is 2.65. The molecule has 1 fully saturated rings. The number of alkyl halides is 3. The van der Waals surface area contributed by atoms with Gasteiger partial charge in [-0.15, -0.1) is 0 Å². The first-order chi connectivity index (χ1) is 10.7. The average molecular weight is 330 g/mol. The molecule has 2 N–H and O–H groups in total. The number of rotatable bonds is 3. The number of carbonyl (C=O) groups excluding carboxylic acids is 1. The maximum Gasteiger partial charge on any atom is 0.408 e. The summed E-state index contributed by atoms with van der Waals surface area (Å²) in [5, 5.41) is 0. The molecule has 0 bridgehead atoms. The molecular formula is C16H21F3N2O2. The topological polar surface area (TPSA) is 55.6 Å². The fourth-order valence-corrected chi connectivity index (χ4v) is 2.65. The van der Waals surface area contributed by atoms with E-state index in [1.165, 1.54) is 0 Å². The second kappa shape index (κ2) is 6.78. The normalized spacial score (nSPS) is 22.1. The van der Waals surface area contributed by atoms with Gasteiger partial charge in [0.1, 0.15) is 11.8 Å². The smallest absolute Gasteiger partial charge is 0.408 e. The first kappa shape index (κ1) is 17.6. The lowest BCUT2D eigenvalue weighted by Crippen LogP contribution is -2.57. The highest BCUT2D eigenvalue weighted by atomic mass is 19.4. The number of likely N-dealkylation sites (tertiary alicyclic amines) is 1. The zero-order chi connectivity index (χ0) is 17.2. The summed E-state index contributed by atoms with van der Waals surface area (Å²) in [5.74, 6) is -0.230. The molecule has 2 atom stereocenters. The van der Waals surface area contributed by atoms with Gasteiger partial charge in [-0.05, 0) is 49.9 Å². The van der Waals surface area contributed by atoms with Crippen molar-refractivity contribution in [3.63, 3.8) is 0 Å². The number of piperidine rings is 1. The van der Waals surface area contributed by atoms with E-state index in [-0.39, 0.29) is 19.4 Å². The summed E-state index contributed by atoms with van der Waals surface area (Å²) < 4.78 is 44.5. The Kier molecular flexibility index (Phi) is 5.19. The molecule has 4 nitrogen and oxygen atoms in total. The Labute approximate surface area is 133 Å². The van der Waals surface area contributed by atoms with Crippen molar-refractivity contribution in [2.24, 2.45) is 5.73 Å². The maximum atomic E-state index is 13.1. The summed E-state index contributed by atoms with van der Waals surface area (Å²) in [5.41, 5.74) is 7.77. The number of nitrogens with two attached hydrogens (primary N) is 1. The minimum absolute atomic E-state index is 0.0979. The number of halogens is 3. The van der Waals surface area contributed by atoms with Crippen LogP contribution in [0.5, 0.6) is 5.75 Å². The Bertz CT molecular complexity index is 575. The number of hydrogen-bond acceptors (Lipinski definition) is 3. The third-order valence-electron chi connectivity index (χ3n) is 4.16. The average Bonchev–Trinajstić information content (AvgIpc) is 2.46. The molecular weight excluding hydrogens is 309 g/mol. The Morgan fingerprint density at radius 3 is 2.61 bits per heavy atom. The molecule has 0 unspecified atom stereocenters. The van der Waals surface area contributed by atoms with E-state index in [4.69, 9.17) is 10.5 Å². The van der Waals surface area contributed by atoms with Crippen molar-refractivity contribution in [3.8, 4) is 5.75 Å². The summed E-state index contributed by atoms with van der Waals surface area (Å²) in [7, 11) is 0. The monoisotopic (exact) mass is 330 g/mol. The summed E-state index contributed by atoms with van der Waals surface area (Å²) in [6.07, 6.45) is -4.36. The molecule has 1 aliphatic heterocycles. The van der Waals surface area contributed by atoms with Crippen molar-refractivity contribution in [3.05, 3.63) is 29.3 Å². The molecule has 0 aromatic heterocycles. The number of hydrogen-bond donors (Lipinski definition) is 1. The van der Waals surface area contributed by atoms with Crippen LogP contribution in [-0.2, 0) is 4.79 Å². The van der Waals surface area contributed by atoms with Gasteiger partial charge in [0.2, 0.25) is 0 Å². The van der Waals surface area contributed by atoms with Crippen LogP contribution in [0.2, 0.25) is 0 Å². The molecule has 1 heterocycles. The minimum Gasteiger partial charge on any atom is -0.484 e. The number of aryl methyl sites for hydroxylation is 2. The molecule has 1 saturated heterocycles.